The zero-order valence-corrected chi connectivity index (χ0v) is 11.9. The SMILES string of the molecule is CCN(C1(CN)CCCC1)S(=O)(=O)NC(C)C. The van der Waals surface area contributed by atoms with Gasteiger partial charge in [0, 0.05) is 24.7 Å². The fourth-order valence-corrected chi connectivity index (χ4v) is 4.54. The summed E-state index contributed by atoms with van der Waals surface area (Å²) in [6.07, 6.45) is 3.86. The Morgan fingerprint density at radius 1 is 1.35 bits per heavy atom. The quantitative estimate of drug-likeness (QED) is 0.745. The van der Waals surface area contributed by atoms with Gasteiger partial charge >= 0.3 is 0 Å². The molecule has 0 aromatic rings. The number of likely N-dealkylation sites (N-methyl/N-ethyl adjacent to an activating group) is 1. The molecule has 1 fully saturated rings. The first-order chi connectivity index (χ1) is 7.88. The van der Waals surface area contributed by atoms with Gasteiger partial charge in [0.2, 0.25) is 0 Å². The maximum absolute atomic E-state index is 12.3. The molecule has 1 aliphatic rings. The molecule has 17 heavy (non-hydrogen) atoms. The zero-order chi connectivity index (χ0) is 13.1. The predicted molar refractivity (Wildman–Crippen MR) is 69.8 cm³/mol. The van der Waals surface area contributed by atoms with Crippen molar-refractivity contribution in [2.75, 3.05) is 13.1 Å². The number of nitrogens with zero attached hydrogens (tertiary/aromatic N) is 1. The fraction of sp³-hybridized carbons (Fsp3) is 1.00. The van der Waals surface area contributed by atoms with E-state index in [-0.39, 0.29) is 11.6 Å². The van der Waals surface area contributed by atoms with Crippen LogP contribution in [0.4, 0.5) is 0 Å². The van der Waals surface area contributed by atoms with Crippen LogP contribution in [-0.4, -0.2) is 37.4 Å². The van der Waals surface area contributed by atoms with Crippen LogP contribution >= 0.6 is 0 Å². The van der Waals surface area contributed by atoms with Crippen molar-refractivity contribution in [3.05, 3.63) is 0 Å². The van der Waals surface area contributed by atoms with Crippen molar-refractivity contribution < 1.29 is 8.42 Å². The average molecular weight is 263 g/mol. The van der Waals surface area contributed by atoms with Gasteiger partial charge in [-0.2, -0.15) is 17.4 Å². The molecular formula is C11H25N3O2S. The molecule has 0 heterocycles. The van der Waals surface area contributed by atoms with Crippen molar-refractivity contribution >= 4 is 10.2 Å². The van der Waals surface area contributed by atoms with Crippen LogP contribution in [0.1, 0.15) is 46.5 Å². The summed E-state index contributed by atoms with van der Waals surface area (Å²) in [5.74, 6) is 0. The van der Waals surface area contributed by atoms with Gasteiger partial charge in [-0.1, -0.05) is 19.8 Å². The van der Waals surface area contributed by atoms with Gasteiger partial charge in [-0.15, -0.1) is 0 Å². The maximum Gasteiger partial charge on any atom is 0.280 e. The molecule has 0 aromatic carbocycles. The Morgan fingerprint density at radius 3 is 2.24 bits per heavy atom. The molecule has 5 nitrogen and oxygen atoms in total. The molecule has 1 aliphatic carbocycles. The largest absolute Gasteiger partial charge is 0.329 e. The molecule has 0 radical (unpaired) electrons. The first-order valence-electron chi connectivity index (χ1n) is 6.38. The van der Waals surface area contributed by atoms with Crippen LogP contribution < -0.4 is 10.5 Å². The fourth-order valence-electron chi connectivity index (χ4n) is 2.71. The first-order valence-corrected chi connectivity index (χ1v) is 7.82. The Balaban J connectivity index is 2.97. The molecule has 0 bridgehead atoms. The van der Waals surface area contributed by atoms with E-state index in [2.05, 4.69) is 4.72 Å². The third-order valence-electron chi connectivity index (χ3n) is 3.41. The maximum atomic E-state index is 12.3. The summed E-state index contributed by atoms with van der Waals surface area (Å²) in [6.45, 7) is 6.40. The number of nitrogens with one attached hydrogen (secondary N) is 1. The van der Waals surface area contributed by atoms with Crippen molar-refractivity contribution in [2.24, 2.45) is 5.73 Å². The minimum Gasteiger partial charge on any atom is -0.329 e. The number of nitrogens with two attached hydrogens (primary N) is 1. The predicted octanol–water partition coefficient (Wildman–Crippen LogP) is 0.823. The van der Waals surface area contributed by atoms with Crippen LogP contribution in [-0.2, 0) is 10.2 Å². The van der Waals surface area contributed by atoms with Crippen LogP contribution in [0.5, 0.6) is 0 Å². The lowest BCUT2D eigenvalue weighted by Gasteiger charge is -2.39. The molecule has 0 unspecified atom stereocenters. The average Bonchev–Trinajstić information content (AvgIpc) is 2.66. The Kier molecular flexibility index (Phi) is 4.95. The molecular weight excluding hydrogens is 238 g/mol. The van der Waals surface area contributed by atoms with Gasteiger partial charge in [0.15, 0.2) is 0 Å². The van der Waals surface area contributed by atoms with Crippen LogP contribution in [0.2, 0.25) is 0 Å². The van der Waals surface area contributed by atoms with E-state index in [4.69, 9.17) is 5.73 Å². The standard InChI is InChI=1S/C11H25N3O2S/c1-4-14(17(15,16)13-10(2)3)11(9-12)7-5-6-8-11/h10,13H,4-9,12H2,1-3H3. The van der Waals surface area contributed by atoms with E-state index in [1.807, 2.05) is 20.8 Å². The lowest BCUT2D eigenvalue weighted by atomic mass is 9.98. The Labute approximate surface area is 105 Å². The van der Waals surface area contributed by atoms with Gasteiger partial charge in [0.25, 0.3) is 10.2 Å². The second-order valence-electron chi connectivity index (χ2n) is 5.08. The first kappa shape index (κ1) is 14.9. The van der Waals surface area contributed by atoms with Crippen molar-refractivity contribution in [3.8, 4) is 0 Å². The summed E-state index contributed by atoms with van der Waals surface area (Å²) in [7, 11) is -3.42. The molecule has 1 rings (SSSR count). The van der Waals surface area contributed by atoms with Gasteiger partial charge in [0.1, 0.15) is 0 Å². The molecule has 0 amide bonds. The van der Waals surface area contributed by atoms with Crippen molar-refractivity contribution in [1.82, 2.24) is 9.03 Å². The second-order valence-corrected chi connectivity index (χ2v) is 6.70. The molecule has 102 valence electrons. The summed E-state index contributed by atoms with van der Waals surface area (Å²) in [6, 6.07) is -0.0923. The molecule has 1 saturated carbocycles. The Hall–Kier alpha value is -0.170. The van der Waals surface area contributed by atoms with E-state index in [0.717, 1.165) is 25.7 Å². The van der Waals surface area contributed by atoms with E-state index in [1.54, 1.807) is 4.31 Å². The minimum atomic E-state index is -3.42. The van der Waals surface area contributed by atoms with Gasteiger partial charge in [-0.25, -0.2) is 0 Å². The Morgan fingerprint density at radius 2 is 1.88 bits per heavy atom. The minimum absolute atomic E-state index is 0.0923. The van der Waals surface area contributed by atoms with Crippen molar-refractivity contribution in [3.63, 3.8) is 0 Å². The van der Waals surface area contributed by atoms with Gasteiger partial charge in [-0.05, 0) is 26.7 Å². The molecule has 0 saturated heterocycles. The van der Waals surface area contributed by atoms with Gasteiger partial charge in [-0.3, -0.25) is 0 Å². The smallest absolute Gasteiger partial charge is 0.280 e. The molecule has 3 N–H and O–H groups in total. The highest BCUT2D eigenvalue weighted by atomic mass is 32.2. The molecule has 0 aliphatic heterocycles. The van der Waals surface area contributed by atoms with Gasteiger partial charge < -0.3 is 5.73 Å². The van der Waals surface area contributed by atoms with Crippen molar-refractivity contribution in [2.45, 2.75) is 58.0 Å². The van der Waals surface area contributed by atoms with Crippen LogP contribution in [0.25, 0.3) is 0 Å². The van der Waals surface area contributed by atoms with E-state index < -0.39 is 10.2 Å². The highest BCUT2D eigenvalue weighted by molar-refractivity contribution is 7.87. The molecule has 0 atom stereocenters. The van der Waals surface area contributed by atoms with Crippen LogP contribution in [0.15, 0.2) is 0 Å². The highest BCUT2D eigenvalue weighted by Gasteiger charge is 2.43. The third kappa shape index (κ3) is 3.19. The van der Waals surface area contributed by atoms with E-state index in [1.165, 1.54) is 0 Å². The molecule has 0 aromatic heterocycles. The van der Waals surface area contributed by atoms with Crippen LogP contribution in [0.3, 0.4) is 0 Å². The van der Waals surface area contributed by atoms with Gasteiger partial charge in [0.05, 0.1) is 0 Å². The highest BCUT2D eigenvalue weighted by Crippen LogP contribution is 2.35. The number of hydrogen-bond donors (Lipinski definition) is 2. The summed E-state index contributed by atoms with van der Waals surface area (Å²) in [5.41, 5.74) is 5.47. The van der Waals surface area contributed by atoms with E-state index in [0.29, 0.717) is 13.1 Å². The normalized spacial score (nSPS) is 20.4. The van der Waals surface area contributed by atoms with E-state index >= 15 is 0 Å². The summed E-state index contributed by atoms with van der Waals surface area (Å²) in [5, 5.41) is 0. The molecule has 6 heteroatoms. The second kappa shape index (κ2) is 5.65. The number of hydrogen-bond acceptors (Lipinski definition) is 3. The monoisotopic (exact) mass is 263 g/mol. The zero-order valence-electron chi connectivity index (χ0n) is 11.1. The summed E-state index contributed by atoms with van der Waals surface area (Å²) < 4.78 is 28.8. The lowest BCUT2D eigenvalue weighted by molar-refractivity contribution is 0.202. The topological polar surface area (TPSA) is 75.4 Å². The summed E-state index contributed by atoms with van der Waals surface area (Å²) >= 11 is 0. The molecule has 0 spiro atoms. The lowest BCUT2D eigenvalue weighted by Crippen LogP contribution is -2.58. The van der Waals surface area contributed by atoms with E-state index in [9.17, 15) is 8.42 Å². The van der Waals surface area contributed by atoms with Crippen molar-refractivity contribution in [1.29, 1.82) is 0 Å². The third-order valence-corrected chi connectivity index (χ3v) is 5.40. The number of rotatable bonds is 6. The Bertz CT molecular complexity index is 335. The summed E-state index contributed by atoms with van der Waals surface area (Å²) in [4.78, 5) is 0. The van der Waals surface area contributed by atoms with Crippen LogP contribution in [0, 0.1) is 0 Å².